The second kappa shape index (κ2) is 5.44. The highest BCUT2D eigenvalue weighted by atomic mass is 16.6. The zero-order valence-electron chi connectivity index (χ0n) is 14.2. The lowest BCUT2D eigenvalue weighted by molar-refractivity contribution is -0.191. The van der Waals surface area contributed by atoms with Gasteiger partial charge in [-0.15, -0.1) is 0 Å². The van der Waals surface area contributed by atoms with Crippen molar-refractivity contribution in [3.05, 3.63) is 47.2 Å². The Bertz CT molecular complexity index is 884. The first-order valence-corrected chi connectivity index (χ1v) is 9.01. The molecule has 5 heteroatoms. The number of nitrogens with zero attached hydrogens (tertiary/aromatic N) is 1. The van der Waals surface area contributed by atoms with Gasteiger partial charge in [0, 0.05) is 28.6 Å². The molecule has 2 saturated heterocycles. The van der Waals surface area contributed by atoms with Gasteiger partial charge in [0.05, 0.1) is 19.1 Å². The van der Waals surface area contributed by atoms with Crippen molar-refractivity contribution in [2.24, 2.45) is 11.8 Å². The number of para-hydroxylation sites is 1. The fourth-order valence-electron chi connectivity index (χ4n) is 4.93. The second-order valence-corrected chi connectivity index (χ2v) is 7.38. The van der Waals surface area contributed by atoms with E-state index in [0.29, 0.717) is 13.2 Å². The number of aromatic amines is 1. The van der Waals surface area contributed by atoms with Gasteiger partial charge in [-0.05, 0) is 37.0 Å². The highest BCUT2D eigenvalue weighted by molar-refractivity contribution is 5.87. The number of piperidine rings is 1. The van der Waals surface area contributed by atoms with Gasteiger partial charge in [0.1, 0.15) is 0 Å². The van der Waals surface area contributed by atoms with Crippen LogP contribution in [0.25, 0.3) is 10.9 Å². The van der Waals surface area contributed by atoms with E-state index in [1.165, 1.54) is 10.9 Å². The van der Waals surface area contributed by atoms with Crippen molar-refractivity contribution in [3.8, 4) is 0 Å². The highest BCUT2D eigenvalue weighted by Gasteiger charge is 2.50. The number of nitrogens with one attached hydrogen (secondary N) is 1. The molecular formula is C20H22N2O3. The number of ether oxygens (including phenoxy) is 1. The summed E-state index contributed by atoms with van der Waals surface area (Å²) in [5, 5.41) is 11.6. The van der Waals surface area contributed by atoms with Crippen LogP contribution in [0, 0.1) is 11.8 Å². The van der Waals surface area contributed by atoms with Gasteiger partial charge < -0.3 is 19.7 Å². The van der Waals surface area contributed by atoms with E-state index in [1.54, 1.807) is 0 Å². The first-order valence-electron chi connectivity index (χ1n) is 9.01. The first-order chi connectivity index (χ1) is 12.2. The number of aromatic nitrogens is 1. The Morgan fingerprint density at radius 2 is 2.20 bits per heavy atom. The van der Waals surface area contributed by atoms with Gasteiger partial charge in [-0.3, -0.25) is 4.79 Å². The number of carbonyl (C=O) groups excluding carboxylic acids is 1. The Balaban J connectivity index is 1.56. The van der Waals surface area contributed by atoms with E-state index in [1.807, 2.05) is 24.0 Å². The summed E-state index contributed by atoms with van der Waals surface area (Å²) in [5.74, 6) is -0.353. The molecule has 4 atom stereocenters. The molecule has 5 rings (SSSR count). The number of H-pyrrole nitrogens is 1. The Hall–Kier alpha value is -2.11. The molecule has 2 N–H and O–H groups in total. The number of rotatable bonds is 0. The lowest BCUT2D eigenvalue weighted by Gasteiger charge is -2.49. The number of allylic oxidation sites excluding steroid dienone is 1. The van der Waals surface area contributed by atoms with Crippen molar-refractivity contribution in [1.82, 2.24) is 9.88 Å². The number of hydrogen-bond acceptors (Lipinski definition) is 3. The van der Waals surface area contributed by atoms with Crippen LogP contribution in [0.1, 0.15) is 24.6 Å². The van der Waals surface area contributed by atoms with Crippen LogP contribution in [0.15, 0.2) is 35.9 Å². The van der Waals surface area contributed by atoms with Gasteiger partial charge in [-0.2, -0.15) is 0 Å². The average molecular weight is 338 g/mol. The lowest BCUT2D eigenvalue weighted by Crippen LogP contribution is -2.58. The summed E-state index contributed by atoms with van der Waals surface area (Å²) < 4.78 is 5.45. The van der Waals surface area contributed by atoms with Crippen LogP contribution in [0.4, 0.5) is 0 Å². The number of benzene rings is 1. The number of fused-ring (bicyclic) bond motifs is 5. The van der Waals surface area contributed by atoms with Crippen molar-refractivity contribution in [2.75, 3.05) is 6.61 Å². The van der Waals surface area contributed by atoms with E-state index in [2.05, 4.69) is 23.2 Å². The van der Waals surface area contributed by atoms with Gasteiger partial charge in [0.15, 0.2) is 6.29 Å². The smallest absolute Gasteiger partial charge is 0.232 e. The van der Waals surface area contributed by atoms with Crippen molar-refractivity contribution >= 4 is 16.8 Å². The van der Waals surface area contributed by atoms with E-state index in [-0.39, 0.29) is 17.9 Å². The Labute approximate surface area is 146 Å². The molecule has 1 amide bonds. The van der Waals surface area contributed by atoms with Crippen molar-refractivity contribution in [2.45, 2.75) is 38.6 Å². The topological polar surface area (TPSA) is 65.6 Å². The maximum Gasteiger partial charge on any atom is 0.232 e. The van der Waals surface area contributed by atoms with Gasteiger partial charge in [-0.25, -0.2) is 0 Å². The zero-order valence-corrected chi connectivity index (χ0v) is 14.2. The van der Waals surface area contributed by atoms with Crippen LogP contribution in [-0.4, -0.2) is 39.8 Å². The van der Waals surface area contributed by atoms with Crippen LogP contribution in [0.3, 0.4) is 0 Å². The van der Waals surface area contributed by atoms with Gasteiger partial charge in [0.2, 0.25) is 5.91 Å². The number of amides is 1. The lowest BCUT2D eigenvalue weighted by atomic mass is 9.73. The Morgan fingerprint density at radius 1 is 1.36 bits per heavy atom. The van der Waals surface area contributed by atoms with Gasteiger partial charge in [-0.1, -0.05) is 24.3 Å². The molecule has 0 aliphatic carbocycles. The van der Waals surface area contributed by atoms with Crippen LogP contribution in [-0.2, 0) is 22.5 Å². The van der Waals surface area contributed by atoms with E-state index in [0.717, 1.165) is 29.6 Å². The Kier molecular flexibility index (Phi) is 3.30. The molecule has 0 saturated carbocycles. The van der Waals surface area contributed by atoms with Crippen molar-refractivity contribution in [1.29, 1.82) is 0 Å². The quantitative estimate of drug-likeness (QED) is 0.725. The Morgan fingerprint density at radius 3 is 3.04 bits per heavy atom. The number of aliphatic hydroxyl groups is 1. The highest BCUT2D eigenvalue weighted by Crippen LogP contribution is 2.43. The van der Waals surface area contributed by atoms with Gasteiger partial charge in [0.25, 0.3) is 0 Å². The predicted octanol–water partition coefficient (Wildman–Crippen LogP) is 2.35. The second-order valence-electron chi connectivity index (χ2n) is 7.38. The summed E-state index contributed by atoms with van der Waals surface area (Å²) in [4.78, 5) is 18.6. The first kappa shape index (κ1) is 15.2. The third-order valence-corrected chi connectivity index (χ3v) is 6.21. The molecule has 2 fully saturated rings. The van der Waals surface area contributed by atoms with E-state index < -0.39 is 12.2 Å². The van der Waals surface area contributed by atoms with Crippen molar-refractivity contribution < 1.29 is 14.6 Å². The molecule has 0 bridgehead atoms. The minimum atomic E-state index is -0.994. The number of aliphatic hydroxyl groups excluding tert-OH is 1. The molecule has 1 aromatic carbocycles. The summed E-state index contributed by atoms with van der Waals surface area (Å²) in [5.41, 5.74) is 4.75. The van der Waals surface area contributed by atoms with E-state index in [9.17, 15) is 9.90 Å². The standard InChI is InChI=1S/C20H22N2O3/c1-2-11-10-25-20(24)18-14(11)7-12-8-15-13-5-3-4-6-16(13)21-17(15)9-22(12)19(18)23/h2-6,12,14,18,20-21,24H,7-10H2,1H3/t12-,14-,18+,20+/m0/s1. The predicted molar refractivity (Wildman–Crippen MR) is 93.7 cm³/mol. The molecule has 0 spiro atoms. The molecular weight excluding hydrogens is 316 g/mol. The normalized spacial score (nSPS) is 33.3. The third-order valence-electron chi connectivity index (χ3n) is 6.21. The number of hydrogen-bond donors (Lipinski definition) is 2. The largest absolute Gasteiger partial charge is 0.367 e. The maximum absolute atomic E-state index is 13.1. The summed E-state index contributed by atoms with van der Waals surface area (Å²) in [7, 11) is 0. The maximum atomic E-state index is 13.1. The molecule has 3 aliphatic rings. The summed E-state index contributed by atoms with van der Waals surface area (Å²) in [6.07, 6.45) is 2.83. The van der Waals surface area contributed by atoms with E-state index >= 15 is 0 Å². The van der Waals surface area contributed by atoms with Crippen molar-refractivity contribution in [3.63, 3.8) is 0 Å². The molecule has 3 aliphatic heterocycles. The average Bonchev–Trinajstić information content (AvgIpc) is 2.98. The van der Waals surface area contributed by atoms with Crippen LogP contribution in [0.5, 0.6) is 0 Å². The monoisotopic (exact) mass is 338 g/mol. The molecule has 0 radical (unpaired) electrons. The SMILES string of the molecule is CC=C1CO[C@@H](O)[C@H]2C(=O)N3Cc4[nH]c5ccccc5c4C[C@@H]3C[C@@H]12. The van der Waals surface area contributed by atoms with E-state index in [4.69, 9.17) is 4.74 Å². The van der Waals surface area contributed by atoms with Crippen LogP contribution >= 0.6 is 0 Å². The summed E-state index contributed by atoms with van der Waals surface area (Å²) in [6, 6.07) is 8.54. The minimum Gasteiger partial charge on any atom is -0.367 e. The molecule has 0 unspecified atom stereocenters. The molecule has 5 nitrogen and oxygen atoms in total. The third kappa shape index (κ3) is 2.12. The summed E-state index contributed by atoms with van der Waals surface area (Å²) >= 11 is 0. The molecule has 2 aromatic rings. The zero-order chi connectivity index (χ0) is 17.1. The fraction of sp³-hybridized carbons (Fsp3) is 0.450. The van der Waals surface area contributed by atoms with Crippen LogP contribution in [0.2, 0.25) is 0 Å². The molecule has 4 heterocycles. The molecule has 25 heavy (non-hydrogen) atoms. The fourth-order valence-corrected chi connectivity index (χ4v) is 4.93. The number of carbonyl (C=O) groups is 1. The van der Waals surface area contributed by atoms with Gasteiger partial charge >= 0.3 is 0 Å². The van der Waals surface area contributed by atoms with Crippen LogP contribution < -0.4 is 0 Å². The molecule has 1 aromatic heterocycles. The minimum absolute atomic E-state index is 0.0251. The molecule has 130 valence electrons. The summed E-state index contributed by atoms with van der Waals surface area (Å²) in [6.45, 7) is 3.01.